The van der Waals surface area contributed by atoms with Gasteiger partial charge in [0, 0.05) is 83.8 Å². The molecule has 3 fully saturated rings. The van der Waals surface area contributed by atoms with Gasteiger partial charge in [-0.3, -0.25) is 4.98 Å². The van der Waals surface area contributed by atoms with Crippen LogP contribution in [0.25, 0.3) is 0 Å². The summed E-state index contributed by atoms with van der Waals surface area (Å²) in [6, 6.07) is 7.88. The fourth-order valence-corrected chi connectivity index (χ4v) is 9.04. The second-order valence-corrected chi connectivity index (χ2v) is 14.8. The summed E-state index contributed by atoms with van der Waals surface area (Å²) in [4.78, 5) is 16.2. The van der Waals surface area contributed by atoms with Crippen molar-refractivity contribution in [2.75, 3.05) is 58.3 Å². The van der Waals surface area contributed by atoms with Crippen LogP contribution in [-0.2, 0) is 10.0 Å². The monoisotopic (exact) mass is 636 g/mol. The van der Waals surface area contributed by atoms with Crippen molar-refractivity contribution >= 4 is 21.5 Å². The van der Waals surface area contributed by atoms with Gasteiger partial charge < -0.3 is 19.4 Å². The van der Waals surface area contributed by atoms with Crippen LogP contribution in [-0.4, -0.2) is 92.8 Å². The molecule has 45 heavy (non-hydrogen) atoms. The molecule has 3 heterocycles. The standard InChI is InChI=1S/C35H50N6O3S.H2/c1-7-37-33(40-20-14-35(15-21-40)12-18-39(19-13-35)30-10-16-36-17-11-30)26-29(4)38(5)22-23-41(31-8-9-31)45(42,43)34-27(2)24-32(44-6)25-28(34)3;/h7,10-11,16-17,24-26,31H,1,8-9,12-15,18-23H2,2-6H3;1H/b29-26+,37-33?;. The molecule has 1 aliphatic carbocycles. The highest BCUT2D eigenvalue weighted by molar-refractivity contribution is 7.89. The van der Waals surface area contributed by atoms with Gasteiger partial charge in [0.2, 0.25) is 10.0 Å². The van der Waals surface area contributed by atoms with Crippen LogP contribution in [0.15, 0.2) is 71.1 Å². The lowest BCUT2D eigenvalue weighted by molar-refractivity contribution is 0.114. The van der Waals surface area contributed by atoms with E-state index in [1.807, 2.05) is 33.3 Å². The first-order chi connectivity index (χ1) is 21.6. The largest absolute Gasteiger partial charge is 0.497 e. The molecule has 1 aromatic heterocycles. The average molecular weight is 637 g/mol. The molecular formula is C35H52N6O3S. The van der Waals surface area contributed by atoms with Crippen molar-refractivity contribution in [2.45, 2.75) is 70.2 Å². The minimum Gasteiger partial charge on any atom is -0.497 e. The molecule has 0 amide bonds. The number of sulfonamides is 1. The normalized spacial score (nSPS) is 19.2. The maximum Gasteiger partial charge on any atom is 0.243 e. The van der Waals surface area contributed by atoms with Gasteiger partial charge in [-0.05, 0) is 106 Å². The van der Waals surface area contributed by atoms with E-state index >= 15 is 0 Å². The summed E-state index contributed by atoms with van der Waals surface area (Å²) in [6.45, 7) is 14.8. The van der Waals surface area contributed by atoms with E-state index in [0.717, 1.165) is 74.5 Å². The van der Waals surface area contributed by atoms with E-state index in [-0.39, 0.29) is 7.47 Å². The number of anilines is 1. The summed E-state index contributed by atoms with van der Waals surface area (Å²) in [6.07, 6.45) is 14.1. The molecule has 0 bridgehead atoms. The van der Waals surface area contributed by atoms with E-state index in [4.69, 9.17) is 4.74 Å². The van der Waals surface area contributed by atoms with Gasteiger partial charge >= 0.3 is 0 Å². The van der Waals surface area contributed by atoms with E-state index in [9.17, 15) is 8.42 Å². The third-order valence-corrected chi connectivity index (χ3v) is 12.3. The summed E-state index contributed by atoms with van der Waals surface area (Å²) in [5.74, 6) is 1.60. The number of likely N-dealkylation sites (tertiary alicyclic amines) is 1. The fraction of sp³-hybridized carbons (Fsp3) is 0.543. The number of benzene rings is 1. The molecule has 2 saturated heterocycles. The number of ether oxygens (including phenoxy) is 1. The average Bonchev–Trinajstić information content (AvgIpc) is 3.86. The highest BCUT2D eigenvalue weighted by Crippen LogP contribution is 2.42. The second-order valence-electron chi connectivity index (χ2n) is 13.0. The van der Waals surface area contributed by atoms with Crippen LogP contribution in [0.4, 0.5) is 5.69 Å². The molecule has 1 saturated carbocycles. The summed E-state index contributed by atoms with van der Waals surface area (Å²) in [7, 11) is -0.0148. The molecule has 9 nitrogen and oxygen atoms in total. The molecule has 2 aromatic rings. The Kier molecular flexibility index (Phi) is 10.2. The Balaban J connectivity index is 0.00000480. The molecule has 0 unspecified atom stereocenters. The second kappa shape index (κ2) is 14.0. The van der Waals surface area contributed by atoms with Crippen molar-refractivity contribution in [2.24, 2.45) is 10.4 Å². The van der Waals surface area contributed by atoms with Crippen molar-refractivity contribution < 1.29 is 14.6 Å². The van der Waals surface area contributed by atoms with E-state index in [2.05, 4.69) is 56.4 Å². The van der Waals surface area contributed by atoms with E-state index in [0.29, 0.717) is 29.1 Å². The van der Waals surface area contributed by atoms with E-state index in [1.54, 1.807) is 29.7 Å². The maximum absolute atomic E-state index is 13.9. The number of hydrogen-bond acceptors (Lipinski definition) is 7. The molecule has 0 N–H and O–H groups in total. The van der Waals surface area contributed by atoms with Gasteiger partial charge in [0.1, 0.15) is 11.6 Å². The SMILES string of the molecule is C=CN=C(/C=C(\C)N(C)CCN(C1CC1)S(=O)(=O)c1c(C)cc(OC)cc1C)N1CCC2(CC1)CCN(c1ccncc1)CC2.[HH]. The van der Waals surface area contributed by atoms with E-state index in [1.165, 1.54) is 18.5 Å². The van der Waals surface area contributed by atoms with Crippen LogP contribution in [0.2, 0.25) is 0 Å². The Bertz CT molecular complexity index is 1480. The number of hydrogen-bond donors (Lipinski definition) is 0. The fourth-order valence-electron chi connectivity index (χ4n) is 6.94. The molecular weight excluding hydrogens is 584 g/mol. The third kappa shape index (κ3) is 7.55. The number of rotatable bonds is 11. The predicted octanol–water partition coefficient (Wildman–Crippen LogP) is 5.87. The predicted molar refractivity (Wildman–Crippen MR) is 184 cm³/mol. The zero-order valence-corrected chi connectivity index (χ0v) is 28.5. The van der Waals surface area contributed by atoms with Crippen molar-refractivity contribution in [3.05, 3.63) is 72.3 Å². The highest BCUT2D eigenvalue weighted by atomic mass is 32.2. The Labute approximate surface area is 271 Å². The lowest BCUT2D eigenvalue weighted by Gasteiger charge is -2.47. The number of nitrogens with zero attached hydrogens (tertiary/aromatic N) is 6. The number of pyridine rings is 1. The van der Waals surface area contributed by atoms with Gasteiger partial charge in [0.05, 0.1) is 12.0 Å². The van der Waals surface area contributed by atoms with Crippen molar-refractivity contribution in [3.8, 4) is 5.75 Å². The smallest absolute Gasteiger partial charge is 0.243 e. The van der Waals surface area contributed by atoms with Gasteiger partial charge in [0.15, 0.2) is 0 Å². The topological polar surface area (TPSA) is 81.6 Å². The van der Waals surface area contributed by atoms with E-state index < -0.39 is 10.0 Å². The van der Waals surface area contributed by atoms with Crippen LogP contribution in [0.5, 0.6) is 5.75 Å². The molecule has 2 aliphatic heterocycles. The number of aliphatic imine (C=N–C) groups is 1. The molecule has 1 spiro atoms. The van der Waals surface area contributed by atoms with Crippen molar-refractivity contribution in [1.29, 1.82) is 0 Å². The first-order valence-corrected chi connectivity index (χ1v) is 17.7. The first kappa shape index (κ1) is 33.0. The first-order valence-electron chi connectivity index (χ1n) is 16.2. The third-order valence-electron chi connectivity index (χ3n) is 10.0. The lowest BCUT2D eigenvalue weighted by Crippen LogP contribution is -2.48. The van der Waals surface area contributed by atoms with Gasteiger partial charge in [-0.15, -0.1) is 0 Å². The van der Waals surface area contributed by atoms with Gasteiger partial charge in [-0.25, -0.2) is 13.4 Å². The molecule has 0 radical (unpaired) electrons. The number of aromatic nitrogens is 1. The molecule has 0 atom stereocenters. The Morgan fingerprint density at radius 1 is 1.09 bits per heavy atom. The molecule has 5 rings (SSSR count). The highest BCUT2D eigenvalue weighted by Gasteiger charge is 2.40. The van der Waals surface area contributed by atoms with Crippen molar-refractivity contribution in [1.82, 2.24) is 19.1 Å². The Morgan fingerprint density at radius 3 is 2.24 bits per heavy atom. The zero-order valence-electron chi connectivity index (χ0n) is 27.7. The Morgan fingerprint density at radius 2 is 1.69 bits per heavy atom. The number of likely N-dealkylation sites (N-methyl/N-ethyl adjacent to an activating group) is 1. The van der Waals surface area contributed by atoms with Crippen LogP contribution >= 0.6 is 0 Å². The van der Waals surface area contributed by atoms with Gasteiger partial charge in [-0.2, -0.15) is 4.31 Å². The number of piperidine rings is 2. The summed E-state index contributed by atoms with van der Waals surface area (Å²) in [5.41, 5.74) is 4.15. The Hall–Kier alpha value is -3.37. The quantitative estimate of drug-likeness (QED) is 0.226. The number of amidine groups is 1. The summed E-state index contributed by atoms with van der Waals surface area (Å²) in [5, 5.41) is 0. The zero-order chi connectivity index (χ0) is 32.2. The van der Waals surface area contributed by atoms with Crippen LogP contribution in [0.3, 0.4) is 0 Å². The number of methoxy groups -OCH3 is 1. The molecule has 246 valence electrons. The molecule has 10 heteroatoms. The van der Waals surface area contributed by atoms with Crippen molar-refractivity contribution in [3.63, 3.8) is 0 Å². The van der Waals surface area contributed by atoms with Gasteiger partial charge in [-0.1, -0.05) is 6.58 Å². The van der Waals surface area contributed by atoms with Gasteiger partial charge in [0.25, 0.3) is 0 Å². The van der Waals surface area contributed by atoms with Crippen LogP contribution < -0.4 is 9.64 Å². The van der Waals surface area contributed by atoms with Crippen LogP contribution in [0.1, 0.15) is 58.0 Å². The maximum atomic E-state index is 13.9. The number of allylic oxidation sites excluding steroid dienone is 1. The van der Waals surface area contributed by atoms with Crippen LogP contribution in [0, 0.1) is 19.3 Å². The summed E-state index contributed by atoms with van der Waals surface area (Å²) >= 11 is 0. The minimum atomic E-state index is -3.65. The number of aryl methyl sites for hydroxylation is 2. The lowest BCUT2D eigenvalue weighted by atomic mass is 9.71. The minimum absolute atomic E-state index is 0. The molecule has 1 aromatic carbocycles. The molecule has 3 aliphatic rings. The summed E-state index contributed by atoms with van der Waals surface area (Å²) < 4.78 is 34.9.